The van der Waals surface area contributed by atoms with Gasteiger partial charge in [-0.05, 0) is 0 Å². The summed E-state index contributed by atoms with van der Waals surface area (Å²) in [6, 6.07) is 63.1. The van der Waals surface area contributed by atoms with E-state index in [0.29, 0.717) is 0 Å². The first-order valence-electron chi connectivity index (χ1n) is 17.5. The number of hydrogen-bond acceptors (Lipinski definition) is 4. The van der Waals surface area contributed by atoms with Crippen LogP contribution in [0.3, 0.4) is 0 Å². The Morgan fingerprint density at radius 1 is 0.415 bits per heavy atom. The van der Waals surface area contributed by atoms with Crippen LogP contribution in [0.5, 0.6) is 0 Å². The van der Waals surface area contributed by atoms with Crippen LogP contribution in [-0.4, -0.2) is 15.1 Å². The van der Waals surface area contributed by atoms with E-state index in [4.69, 9.17) is 0 Å². The molecule has 0 spiro atoms. The van der Waals surface area contributed by atoms with Gasteiger partial charge in [0, 0.05) is 0 Å². The Kier molecular flexibility index (Phi) is 10.3. The normalized spacial score (nSPS) is 15.1. The van der Waals surface area contributed by atoms with Gasteiger partial charge in [0.05, 0.1) is 0 Å². The Hall–Kier alpha value is -2.94. The van der Waals surface area contributed by atoms with Gasteiger partial charge in [-0.15, -0.1) is 0 Å². The Morgan fingerprint density at radius 3 is 1.15 bits per heavy atom. The Labute approximate surface area is 337 Å². The van der Waals surface area contributed by atoms with E-state index in [1.165, 1.54) is 80.8 Å². The molecule has 0 aliphatic carbocycles. The number of benzene rings is 7. The van der Waals surface area contributed by atoms with Crippen LogP contribution in [0.25, 0.3) is 30.0 Å². The third-order valence-electron chi connectivity index (χ3n) is 9.65. The first-order valence-corrected chi connectivity index (χ1v) is 26.1. The molecule has 0 N–H and O–H groups in total. The van der Waals surface area contributed by atoms with Gasteiger partial charge in [0.2, 0.25) is 0 Å². The molecule has 2 heterocycles. The third-order valence-corrected chi connectivity index (χ3v) is 26.6. The van der Waals surface area contributed by atoms with Crippen molar-refractivity contribution in [1.29, 1.82) is 0 Å². The summed E-state index contributed by atoms with van der Waals surface area (Å²) in [4.78, 5) is 2.79. The van der Waals surface area contributed by atoms with Gasteiger partial charge in [-0.3, -0.25) is 0 Å². The molecule has 0 nitrogen and oxygen atoms in total. The molecule has 53 heavy (non-hydrogen) atoms. The molecule has 0 saturated heterocycles. The molecule has 0 fully saturated rings. The van der Waals surface area contributed by atoms with Crippen LogP contribution >= 0.6 is 60.5 Å². The van der Waals surface area contributed by atoms with Crippen LogP contribution in [0, 0.1) is 0 Å². The van der Waals surface area contributed by atoms with E-state index >= 15 is 0 Å². The monoisotopic (exact) mass is 856 g/mol. The fourth-order valence-electron chi connectivity index (χ4n) is 7.04. The van der Waals surface area contributed by atoms with Crippen LogP contribution in [-0.2, 0) is 0 Å². The van der Waals surface area contributed by atoms with Crippen LogP contribution in [0.4, 0.5) is 0 Å². The summed E-state index contributed by atoms with van der Waals surface area (Å²) in [6.45, 7) is 4.51. The molecular weight excluding hydrogens is 822 g/mol. The second kappa shape index (κ2) is 15.3. The van der Waals surface area contributed by atoms with Gasteiger partial charge in [0.1, 0.15) is 0 Å². The zero-order valence-corrected chi connectivity index (χ0v) is 35.9. The first kappa shape index (κ1) is 35.7. The van der Waals surface area contributed by atoms with Crippen LogP contribution in [0.15, 0.2) is 189 Å². The van der Waals surface area contributed by atoms with Crippen molar-refractivity contribution in [3.05, 3.63) is 199 Å². The average Bonchev–Trinajstić information content (AvgIpc) is 3.80. The topological polar surface area (TPSA) is 0 Å². The predicted octanol–water partition coefficient (Wildman–Crippen LogP) is 11.3. The number of thioether (sulfide) groups is 4. The van der Waals surface area contributed by atoms with E-state index in [1.807, 2.05) is 47.0 Å². The van der Waals surface area contributed by atoms with Crippen molar-refractivity contribution in [1.82, 2.24) is 0 Å². The fourth-order valence-corrected chi connectivity index (χ4v) is 24.3. The predicted molar refractivity (Wildman–Crippen MR) is 247 cm³/mol. The number of allylic oxidation sites excluding steroid dienone is 2. The second-order valence-corrected chi connectivity index (χ2v) is 26.7. The van der Waals surface area contributed by atoms with E-state index in [9.17, 15) is 0 Å². The molecule has 2 aliphatic heterocycles. The minimum atomic E-state index is -2.22. The summed E-state index contributed by atoms with van der Waals surface area (Å²) in [6.07, 6.45) is 0. The van der Waals surface area contributed by atoms with Gasteiger partial charge in [0.15, 0.2) is 0 Å². The van der Waals surface area contributed by atoms with Gasteiger partial charge in [-0.25, -0.2) is 0 Å². The summed E-state index contributed by atoms with van der Waals surface area (Å²) in [5.41, 5.74) is -2.22. The fraction of sp³-hybridized carbons (Fsp3) is 0.0435. The average molecular weight is 856 g/mol. The minimum absolute atomic E-state index is 0.871. The molecule has 7 aromatic rings. The van der Waals surface area contributed by atoms with Crippen LogP contribution in [0.2, 0.25) is 0 Å². The number of rotatable bonds is 6. The molecule has 0 aromatic heterocycles. The molecule has 0 atom stereocenters. The van der Waals surface area contributed by atoms with Gasteiger partial charge in [-0.1, -0.05) is 0 Å². The summed E-state index contributed by atoms with van der Waals surface area (Å²) in [5, 5.41) is 13.5. The van der Waals surface area contributed by atoms with Crippen molar-refractivity contribution in [3.63, 3.8) is 0 Å². The maximum atomic E-state index is 3.96. The maximum absolute atomic E-state index is 3.96. The van der Waals surface area contributed by atoms with Gasteiger partial charge < -0.3 is 0 Å². The van der Waals surface area contributed by atoms with Gasteiger partial charge >= 0.3 is 340 Å². The van der Waals surface area contributed by atoms with E-state index in [-0.39, 0.29) is 0 Å². The summed E-state index contributed by atoms with van der Waals surface area (Å²) < 4.78 is 5.69. The van der Waals surface area contributed by atoms with E-state index in [0.717, 1.165) is 0 Å². The SMILES string of the molecule is CC1=C(C)SC(=c2c3ccccc3c(=C3SC(P(c4ccccc4)c4ccccc4)=C(P(=[Se])(c4ccccc4)c4ccccc4)S3)c3ccccc23)S1. The first-order chi connectivity index (χ1) is 26.0. The summed E-state index contributed by atoms with van der Waals surface area (Å²) in [7, 11) is -0.871. The van der Waals surface area contributed by atoms with Crippen molar-refractivity contribution in [2.75, 3.05) is 0 Å². The number of fused-ring (bicyclic) bond motifs is 2. The van der Waals surface area contributed by atoms with Crippen molar-refractivity contribution in [2.45, 2.75) is 13.8 Å². The second-order valence-electron chi connectivity index (χ2n) is 12.8. The van der Waals surface area contributed by atoms with Gasteiger partial charge in [0.25, 0.3) is 0 Å². The Bertz CT molecular complexity index is 2600. The molecule has 2 aliphatic rings. The van der Waals surface area contributed by atoms with E-state index in [2.05, 4.69) is 199 Å². The van der Waals surface area contributed by atoms with Crippen molar-refractivity contribution < 1.29 is 0 Å². The molecule has 258 valence electrons. The summed E-state index contributed by atoms with van der Waals surface area (Å²) in [5.74, 6) is 0. The van der Waals surface area contributed by atoms with Crippen LogP contribution in [0.1, 0.15) is 13.8 Å². The third kappa shape index (κ3) is 6.52. The van der Waals surface area contributed by atoms with Crippen molar-refractivity contribution >= 4 is 127 Å². The van der Waals surface area contributed by atoms with E-state index < -0.39 is 13.4 Å². The molecule has 7 aromatic carbocycles. The number of hydrogen-bond donors (Lipinski definition) is 0. The van der Waals surface area contributed by atoms with Crippen molar-refractivity contribution in [2.24, 2.45) is 0 Å². The molecule has 0 amide bonds. The Balaban J connectivity index is 1.40. The molecule has 0 bridgehead atoms. The van der Waals surface area contributed by atoms with Gasteiger partial charge in [-0.2, -0.15) is 0 Å². The molecule has 0 saturated carbocycles. The van der Waals surface area contributed by atoms with Crippen LogP contribution < -0.4 is 31.7 Å². The quantitative estimate of drug-likeness (QED) is 0.0928. The standard InChI is InChI=1S/C46H34P2S4Se/c1-31-32(2)50-45(49-31)41-37-27-15-17-29-39(37)42(40-30-18-16-28-38(40)41)46-51-43(47(33-19-7-3-8-20-33)34-21-9-4-10-22-34)44(52-46)48(53,35-23-11-5-12-24-35)36-25-13-6-14-26-36/h3-30H,1-2H3. The molecular formula is C46H34P2S4Se. The van der Waals surface area contributed by atoms with Crippen molar-refractivity contribution in [3.8, 4) is 0 Å². The molecule has 0 unspecified atom stereocenters. The molecule has 0 radical (unpaired) electrons. The zero-order chi connectivity index (χ0) is 35.9. The Morgan fingerprint density at radius 2 is 0.755 bits per heavy atom. The van der Waals surface area contributed by atoms with E-state index in [1.54, 1.807) is 0 Å². The summed E-state index contributed by atoms with van der Waals surface area (Å²) >= 11 is 11.9. The molecule has 9 rings (SSSR count). The zero-order valence-electron chi connectivity index (χ0n) is 29.1. The molecule has 7 heteroatoms.